The second-order valence-electron chi connectivity index (χ2n) is 6.53. The fourth-order valence-electron chi connectivity index (χ4n) is 3.32. The van der Waals surface area contributed by atoms with E-state index in [2.05, 4.69) is 29.6 Å². The van der Waals surface area contributed by atoms with E-state index >= 15 is 0 Å². The van der Waals surface area contributed by atoms with Crippen molar-refractivity contribution in [2.75, 3.05) is 18.8 Å². The number of hydrogen-bond donors (Lipinski definition) is 2. The number of rotatable bonds is 10. The predicted octanol–water partition coefficient (Wildman–Crippen LogP) is 4.18. The minimum Gasteiger partial charge on any atom is -0.316 e. The van der Waals surface area contributed by atoms with Crippen molar-refractivity contribution >= 4 is 19.9 Å². The van der Waals surface area contributed by atoms with Crippen molar-refractivity contribution in [1.29, 1.82) is 0 Å². The van der Waals surface area contributed by atoms with Gasteiger partial charge in [0.05, 0.1) is 0 Å². The van der Waals surface area contributed by atoms with Gasteiger partial charge in [-0.05, 0) is 66.5 Å². The molecule has 136 valence electrons. The zero-order valence-electron chi connectivity index (χ0n) is 14.2. The number of benzene rings is 1. The van der Waals surface area contributed by atoms with Gasteiger partial charge in [0.25, 0.3) is 0 Å². The third-order valence-electron chi connectivity index (χ3n) is 4.64. The Bertz CT molecular complexity index is 566. The standard InChI is InChI=1S/C18H29NO3S2/c20-24(21,22)23-15-14-19-13-5-4-6-16-9-11-18(12-10-16)17-7-2-1-3-8-17/h9-12,17,19H,1-8,13-15H2,(H,20,21,22). The minimum absolute atomic E-state index is 0.376. The molecule has 0 heterocycles. The molecule has 6 heteroatoms. The average molecular weight is 372 g/mol. The molecule has 1 aliphatic rings. The maximum Gasteiger partial charge on any atom is 0.319 e. The van der Waals surface area contributed by atoms with E-state index in [-0.39, 0.29) is 0 Å². The fraction of sp³-hybridized carbons (Fsp3) is 0.667. The van der Waals surface area contributed by atoms with Crippen LogP contribution in [0.25, 0.3) is 0 Å². The van der Waals surface area contributed by atoms with Crippen LogP contribution in [0.2, 0.25) is 0 Å². The van der Waals surface area contributed by atoms with E-state index in [4.69, 9.17) is 4.55 Å². The zero-order chi connectivity index (χ0) is 17.3. The number of unbranched alkanes of at least 4 members (excludes halogenated alkanes) is 1. The molecule has 1 aromatic rings. The molecule has 0 unspecified atom stereocenters. The Hall–Kier alpha value is -0.560. The molecule has 0 aliphatic heterocycles. The van der Waals surface area contributed by atoms with Gasteiger partial charge in [-0.25, -0.2) is 0 Å². The minimum atomic E-state index is -3.89. The van der Waals surface area contributed by atoms with Crippen LogP contribution in [0.15, 0.2) is 24.3 Å². The smallest absolute Gasteiger partial charge is 0.316 e. The van der Waals surface area contributed by atoms with Crippen LogP contribution in [-0.4, -0.2) is 31.8 Å². The monoisotopic (exact) mass is 371 g/mol. The molecular weight excluding hydrogens is 342 g/mol. The van der Waals surface area contributed by atoms with E-state index in [1.807, 2.05) is 0 Å². The SMILES string of the molecule is O=S(=O)(O)SCCNCCCCc1ccc(C2CCCCC2)cc1. The molecule has 0 amide bonds. The van der Waals surface area contributed by atoms with Crippen LogP contribution in [0.4, 0.5) is 0 Å². The first kappa shape index (κ1) is 19.8. The zero-order valence-corrected chi connectivity index (χ0v) is 15.9. The topological polar surface area (TPSA) is 66.4 Å². The first-order valence-corrected chi connectivity index (χ1v) is 11.9. The molecule has 0 aromatic heterocycles. The Labute approximate surface area is 150 Å². The third kappa shape index (κ3) is 8.01. The van der Waals surface area contributed by atoms with E-state index < -0.39 is 9.15 Å². The van der Waals surface area contributed by atoms with Crippen LogP contribution in [0.5, 0.6) is 0 Å². The second-order valence-corrected chi connectivity index (χ2v) is 10.0. The summed E-state index contributed by atoms with van der Waals surface area (Å²) < 4.78 is 29.7. The van der Waals surface area contributed by atoms with Crippen LogP contribution in [0.3, 0.4) is 0 Å². The Morgan fingerprint density at radius 1 is 1.04 bits per heavy atom. The number of hydrogen-bond acceptors (Lipinski definition) is 4. The molecule has 0 atom stereocenters. The maximum absolute atomic E-state index is 10.5. The summed E-state index contributed by atoms with van der Waals surface area (Å²) in [7, 11) is -3.32. The third-order valence-corrected chi connectivity index (χ3v) is 6.70. The van der Waals surface area contributed by atoms with Gasteiger partial charge in [-0.15, -0.1) is 0 Å². The Morgan fingerprint density at radius 3 is 2.42 bits per heavy atom. The van der Waals surface area contributed by atoms with Crippen molar-refractivity contribution in [1.82, 2.24) is 5.32 Å². The van der Waals surface area contributed by atoms with Gasteiger partial charge >= 0.3 is 9.15 Å². The molecular formula is C18H29NO3S2. The van der Waals surface area contributed by atoms with Gasteiger partial charge in [0.1, 0.15) is 0 Å². The summed E-state index contributed by atoms with van der Waals surface area (Å²) in [6, 6.07) is 9.19. The van der Waals surface area contributed by atoms with Crippen LogP contribution in [-0.2, 0) is 15.6 Å². The lowest BCUT2D eigenvalue weighted by Gasteiger charge is -2.22. The molecule has 4 nitrogen and oxygen atoms in total. The second kappa shape index (κ2) is 10.4. The quantitative estimate of drug-likeness (QED) is 0.367. The highest BCUT2D eigenvalue weighted by molar-refractivity contribution is 8.69. The number of aryl methyl sites for hydroxylation is 1. The first-order valence-electron chi connectivity index (χ1n) is 8.96. The van der Waals surface area contributed by atoms with Crippen LogP contribution < -0.4 is 5.32 Å². The first-order chi connectivity index (χ1) is 11.5. The normalized spacial score (nSPS) is 16.4. The summed E-state index contributed by atoms with van der Waals surface area (Å²) in [6.07, 6.45) is 10.1. The molecule has 1 fully saturated rings. The lowest BCUT2D eigenvalue weighted by molar-refractivity contribution is 0.443. The average Bonchev–Trinajstić information content (AvgIpc) is 2.58. The summed E-state index contributed by atoms with van der Waals surface area (Å²) in [4.78, 5) is 0. The van der Waals surface area contributed by atoms with Crippen molar-refractivity contribution in [2.45, 2.75) is 57.3 Å². The molecule has 1 aromatic carbocycles. The fourth-order valence-corrected chi connectivity index (χ4v) is 4.64. The van der Waals surface area contributed by atoms with Gasteiger partial charge in [-0.2, -0.15) is 8.42 Å². The van der Waals surface area contributed by atoms with Crippen LogP contribution >= 0.6 is 10.8 Å². The summed E-state index contributed by atoms with van der Waals surface area (Å²) in [6.45, 7) is 1.48. The largest absolute Gasteiger partial charge is 0.319 e. The predicted molar refractivity (Wildman–Crippen MR) is 102 cm³/mol. The van der Waals surface area contributed by atoms with Crippen molar-refractivity contribution in [3.63, 3.8) is 0 Å². The van der Waals surface area contributed by atoms with Gasteiger partial charge in [0.2, 0.25) is 0 Å². The Balaban J connectivity index is 1.56. The van der Waals surface area contributed by atoms with Gasteiger partial charge in [0.15, 0.2) is 0 Å². The summed E-state index contributed by atoms with van der Waals surface area (Å²) >= 11 is 0. The van der Waals surface area contributed by atoms with Crippen molar-refractivity contribution in [2.24, 2.45) is 0 Å². The molecule has 1 aliphatic carbocycles. The van der Waals surface area contributed by atoms with Gasteiger partial charge in [-0.1, -0.05) is 43.5 Å². The highest BCUT2D eigenvalue weighted by Gasteiger charge is 2.14. The lowest BCUT2D eigenvalue weighted by Crippen LogP contribution is -2.19. The van der Waals surface area contributed by atoms with Crippen LogP contribution in [0.1, 0.15) is 62.0 Å². The highest BCUT2D eigenvalue weighted by Crippen LogP contribution is 2.32. The molecule has 0 saturated heterocycles. The lowest BCUT2D eigenvalue weighted by atomic mass is 9.84. The van der Waals surface area contributed by atoms with Gasteiger partial charge in [0, 0.05) is 12.3 Å². The number of nitrogens with one attached hydrogen (secondary N) is 1. The molecule has 0 bridgehead atoms. The highest BCUT2D eigenvalue weighted by atomic mass is 33.1. The molecule has 2 rings (SSSR count). The Kier molecular flexibility index (Phi) is 8.59. The summed E-state index contributed by atoms with van der Waals surface area (Å²) in [5, 5.41) is 3.20. The molecule has 1 saturated carbocycles. The summed E-state index contributed by atoms with van der Waals surface area (Å²) in [5.41, 5.74) is 2.91. The van der Waals surface area contributed by atoms with Gasteiger partial charge in [-0.3, -0.25) is 4.55 Å². The van der Waals surface area contributed by atoms with E-state index in [1.165, 1.54) is 43.2 Å². The summed E-state index contributed by atoms with van der Waals surface area (Å²) in [5.74, 6) is 1.15. The maximum atomic E-state index is 10.5. The van der Waals surface area contributed by atoms with E-state index in [1.54, 1.807) is 0 Å². The van der Waals surface area contributed by atoms with Crippen molar-refractivity contribution in [3.8, 4) is 0 Å². The van der Waals surface area contributed by atoms with Crippen molar-refractivity contribution < 1.29 is 13.0 Å². The van der Waals surface area contributed by atoms with Crippen LogP contribution in [0, 0.1) is 0 Å². The van der Waals surface area contributed by atoms with E-state index in [0.29, 0.717) is 23.1 Å². The van der Waals surface area contributed by atoms with E-state index in [9.17, 15) is 8.42 Å². The van der Waals surface area contributed by atoms with E-state index in [0.717, 1.165) is 31.7 Å². The molecule has 2 N–H and O–H groups in total. The molecule has 24 heavy (non-hydrogen) atoms. The van der Waals surface area contributed by atoms with Crippen molar-refractivity contribution in [3.05, 3.63) is 35.4 Å². The van der Waals surface area contributed by atoms with Gasteiger partial charge < -0.3 is 5.32 Å². The Morgan fingerprint density at radius 2 is 1.75 bits per heavy atom. The molecule has 0 spiro atoms. The molecule has 0 radical (unpaired) electrons.